The van der Waals surface area contributed by atoms with E-state index in [-0.39, 0.29) is 26.4 Å². The zero-order valence-electron chi connectivity index (χ0n) is 25.4. The molecule has 10 heteroatoms. The summed E-state index contributed by atoms with van der Waals surface area (Å²) < 4.78 is 19.9. The van der Waals surface area contributed by atoms with Crippen LogP contribution >= 0.6 is 0 Å². The van der Waals surface area contributed by atoms with Gasteiger partial charge < -0.3 is 18.9 Å². The van der Waals surface area contributed by atoms with Crippen molar-refractivity contribution < 1.29 is 38.1 Å². The number of hydrogen-bond donors (Lipinski definition) is 2. The maximum Gasteiger partial charge on any atom is 0.411 e. The predicted octanol–water partition coefficient (Wildman–Crippen LogP) is 6.61. The normalized spacial score (nSPS) is 12.0. The number of amides is 2. The molecule has 0 saturated carbocycles. The third kappa shape index (κ3) is 7.07. The van der Waals surface area contributed by atoms with Gasteiger partial charge in [0.1, 0.15) is 26.4 Å². The Kier molecular flexibility index (Phi) is 10.1. The Morgan fingerprint density at radius 1 is 0.532 bits per heavy atom. The number of rotatable bonds is 12. The van der Waals surface area contributed by atoms with E-state index in [0.717, 1.165) is 45.5 Å². The molecule has 0 heterocycles. The number of benzene rings is 4. The van der Waals surface area contributed by atoms with Gasteiger partial charge in [-0.25, -0.2) is 19.2 Å². The van der Waals surface area contributed by atoms with Crippen LogP contribution in [0, 0.1) is 0 Å². The predicted molar refractivity (Wildman–Crippen MR) is 176 cm³/mol. The molecule has 5 rings (SSSR count). The molecule has 4 aromatic rings. The molecular weight excluding hydrogens is 600 g/mol. The Labute approximate surface area is 271 Å². The van der Waals surface area contributed by atoms with E-state index in [4.69, 9.17) is 18.9 Å². The molecule has 0 unspecified atom stereocenters. The summed E-state index contributed by atoms with van der Waals surface area (Å²) in [5.41, 5.74) is 6.63. The minimum Gasteiger partial charge on any atom is -0.459 e. The van der Waals surface area contributed by atoms with Crippen LogP contribution in [0.25, 0.3) is 11.1 Å². The third-order valence-electron chi connectivity index (χ3n) is 7.54. The van der Waals surface area contributed by atoms with Crippen molar-refractivity contribution in [2.45, 2.75) is 5.41 Å². The molecule has 0 radical (unpaired) electrons. The molecule has 238 valence electrons. The van der Waals surface area contributed by atoms with Crippen molar-refractivity contribution >= 4 is 35.5 Å². The Balaban J connectivity index is 1.40. The molecule has 0 aliphatic heterocycles. The molecule has 0 fully saturated rings. The lowest BCUT2D eigenvalue weighted by Gasteiger charge is -2.34. The number of esters is 2. The van der Waals surface area contributed by atoms with Gasteiger partial charge in [0.25, 0.3) is 0 Å². The van der Waals surface area contributed by atoms with Crippen molar-refractivity contribution in [1.29, 1.82) is 0 Å². The maximum atomic E-state index is 12.3. The summed E-state index contributed by atoms with van der Waals surface area (Å²) >= 11 is 0. The second-order valence-electron chi connectivity index (χ2n) is 10.3. The molecule has 2 N–H and O–H groups in total. The number of anilines is 2. The SMILES string of the molecule is C=CC(=O)OCCOC(=O)Nc1ccc(C2(c3ccc(NC(=O)OCCOC(=O)C=C)cc3)c3ccccc3-c3ccccc32)cc1. The van der Waals surface area contributed by atoms with Gasteiger partial charge in [-0.05, 0) is 57.6 Å². The van der Waals surface area contributed by atoms with E-state index in [9.17, 15) is 19.2 Å². The van der Waals surface area contributed by atoms with E-state index in [1.165, 1.54) is 0 Å². The van der Waals surface area contributed by atoms with Crippen molar-refractivity contribution in [3.8, 4) is 11.1 Å². The van der Waals surface area contributed by atoms with Gasteiger partial charge in [-0.15, -0.1) is 0 Å². The largest absolute Gasteiger partial charge is 0.459 e. The van der Waals surface area contributed by atoms with E-state index in [0.29, 0.717) is 11.4 Å². The molecule has 2 amide bonds. The summed E-state index contributed by atoms with van der Waals surface area (Å²) in [7, 11) is 0. The molecule has 10 nitrogen and oxygen atoms in total. The number of ether oxygens (including phenoxy) is 4. The van der Waals surface area contributed by atoms with Crippen LogP contribution in [0.15, 0.2) is 122 Å². The van der Waals surface area contributed by atoms with Gasteiger partial charge in [0, 0.05) is 23.5 Å². The quantitative estimate of drug-likeness (QED) is 0.0681. The molecule has 1 aliphatic carbocycles. The highest BCUT2D eigenvalue weighted by molar-refractivity contribution is 5.88. The van der Waals surface area contributed by atoms with Gasteiger partial charge in [0.2, 0.25) is 0 Å². The monoisotopic (exact) mass is 632 g/mol. The second-order valence-corrected chi connectivity index (χ2v) is 10.3. The number of carbonyl (C=O) groups is 4. The van der Waals surface area contributed by atoms with Gasteiger partial charge in [0.15, 0.2) is 0 Å². The van der Waals surface area contributed by atoms with Crippen LogP contribution in [0.2, 0.25) is 0 Å². The molecule has 1 aliphatic rings. The van der Waals surface area contributed by atoms with Gasteiger partial charge in [-0.2, -0.15) is 0 Å². The van der Waals surface area contributed by atoms with Crippen molar-refractivity contribution in [3.63, 3.8) is 0 Å². The summed E-state index contributed by atoms with van der Waals surface area (Å²) in [6, 6.07) is 31.5. The molecular formula is C37H32N2O8. The Bertz CT molecular complexity index is 1670. The van der Waals surface area contributed by atoms with E-state index >= 15 is 0 Å². The zero-order chi connectivity index (χ0) is 33.2. The Morgan fingerprint density at radius 3 is 1.28 bits per heavy atom. The van der Waals surface area contributed by atoms with Crippen molar-refractivity contribution in [2.24, 2.45) is 0 Å². The molecule has 0 bridgehead atoms. The van der Waals surface area contributed by atoms with Crippen LogP contribution in [0.5, 0.6) is 0 Å². The average Bonchev–Trinajstić information content (AvgIpc) is 3.40. The number of carbonyl (C=O) groups excluding carboxylic acids is 4. The smallest absolute Gasteiger partial charge is 0.411 e. The molecule has 47 heavy (non-hydrogen) atoms. The zero-order valence-corrected chi connectivity index (χ0v) is 25.4. The van der Waals surface area contributed by atoms with Crippen LogP contribution in [-0.4, -0.2) is 50.6 Å². The minimum atomic E-state index is -0.713. The highest BCUT2D eigenvalue weighted by Crippen LogP contribution is 2.56. The Morgan fingerprint density at radius 2 is 0.894 bits per heavy atom. The molecule has 0 saturated heterocycles. The lowest BCUT2D eigenvalue weighted by atomic mass is 9.67. The van der Waals surface area contributed by atoms with Crippen LogP contribution in [-0.2, 0) is 34.0 Å². The topological polar surface area (TPSA) is 129 Å². The average molecular weight is 633 g/mol. The first kappa shape index (κ1) is 32.2. The van der Waals surface area contributed by atoms with Gasteiger partial charge in [-0.3, -0.25) is 10.6 Å². The summed E-state index contributed by atoms with van der Waals surface area (Å²) in [5.74, 6) is -1.19. The lowest BCUT2D eigenvalue weighted by molar-refractivity contribution is -0.139. The van der Waals surface area contributed by atoms with E-state index in [2.05, 4.69) is 48.1 Å². The molecule has 0 spiro atoms. The fourth-order valence-corrected chi connectivity index (χ4v) is 5.61. The van der Waals surface area contributed by atoms with Crippen molar-refractivity contribution in [3.05, 3.63) is 145 Å². The number of fused-ring (bicyclic) bond motifs is 3. The first-order chi connectivity index (χ1) is 22.9. The van der Waals surface area contributed by atoms with Crippen molar-refractivity contribution in [1.82, 2.24) is 0 Å². The van der Waals surface area contributed by atoms with Crippen LogP contribution in [0.3, 0.4) is 0 Å². The summed E-state index contributed by atoms with van der Waals surface area (Å²) in [6.07, 6.45) is 0.706. The standard InChI is InChI=1S/C37H32N2O8/c1-3-33(40)44-21-23-46-35(42)38-27-17-13-25(14-18-27)37(31-11-7-5-9-29(31)30-10-6-8-12-32(30)37)26-15-19-28(20-16-26)39-36(43)47-24-22-45-34(41)4-2/h3-20H,1-2,21-24H2,(H,38,42)(H,39,43). The van der Waals surface area contributed by atoms with E-state index < -0.39 is 29.5 Å². The van der Waals surface area contributed by atoms with Crippen molar-refractivity contribution in [2.75, 3.05) is 37.1 Å². The van der Waals surface area contributed by atoms with Crippen LogP contribution in [0.4, 0.5) is 21.0 Å². The number of nitrogens with one attached hydrogen (secondary N) is 2. The number of hydrogen-bond acceptors (Lipinski definition) is 8. The lowest BCUT2D eigenvalue weighted by Crippen LogP contribution is -2.28. The van der Waals surface area contributed by atoms with Gasteiger partial charge >= 0.3 is 24.1 Å². The van der Waals surface area contributed by atoms with E-state index in [1.807, 2.05) is 48.5 Å². The van der Waals surface area contributed by atoms with Crippen LogP contribution in [0.1, 0.15) is 22.3 Å². The third-order valence-corrected chi connectivity index (χ3v) is 7.54. The highest BCUT2D eigenvalue weighted by Gasteiger charge is 2.45. The Hall–Kier alpha value is -6.16. The van der Waals surface area contributed by atoms with E-state index in [1.54, 1.807) is 24.3 Å². The first-order valence-corrected chi connectivity index (χ1v) is 14.7. The summed E-state index contributed by atoms with van der Waals surface area (Å²) in [4.78, 5) is 47.0. The summed E-state index contributed by atoms with van der Waals surface area (Å²) in [6.45, 7) is 6.27. The summed E-state index contributed by atoms with van der Waals surface area (Å²) in [5, 5.41) is 5.40. The minimum absolute atomic E-state index is 0.0821. The molecule has 0 atom stereocenters. The fourth-order valence-electron chi connectivity index (χ4n) is 5.61. The fraction of sp³-hybridized carbons (Fsp3) is 0.135. The second kappa shape index (κ2) is 14.7. The molecule has 4 aromatic carbocycles. The first-order valence-electron chi connectivity index (χ1n) is 14.7. The highest BCUT2D eigenvalue weighted by atomic mass is 16.6. The molecule has 0 aromatic heterocycles. The van der Waals surface area contributed by atoms with Crippen LogP contribution < -0.4 is 10.6 Å². The maximum absolute atomic E-state index is 12.3. The van der Waals surface area contributed by atoms with Gasteiger partial charge in [0.05, 0.1) is 5.41 Å². The van der Waals surface area contributed by atoms with Gasteiger partial charge in [-0.1, -0.05) is 86.0 Å².